The molecule has 0 amide bonds. The summed E-state index contributed by atoms with van der Waals surface area (Å²) in [4.78, 5) is 13.3. The number of nitrogens with zero attached hydrogens (tertiary/aromatic N) is 1. The van der Waals surface area contributed by atoms with Gasteiger partial charge in [-0.25, -0.2) is 0 Å². The molecular weight excluding hydrogens is 180 g/mol. The SMILES string of the molecule is COC(=O)C(CN)N(C)CC1CCC1. The van der Waals surface area contributed by atoms with Gasteiger partial charge in [-0.05, 0) is 25.8 Å². The Bertz CT molecular complexity index is 193. The molecule has 1 saturated carbocycles. The van der Waals surface area contributed by atoms with Crippen LogP contribution in [0.1, 0.15) is 19.3 Å². The van der Waals surface area contributed by atoms with Crippen LogP contribution in [0.25, 0.3) is 0 Å². The highest BCUT2D eigenvalue weighted by molar-refractivity contribution is 5.75. The molecule has 82 valence electrons. The van der Waals surface area contributed by atoms with Gasteiger partial charge in [-0.2, -0.15) is 0 Å². The molecule has 0 heterocycles. The highest BCUT2D eigenvalue weighted by Gasteiger charge is 2.26. The van der Waals surface area contributed by atoms with Gasteiger partial charge in [0.15, 0.2) is 0 Å². The summed E-state index contributed by atoms with van der Waals surface area (Å²) in [6.45, 7) is 1.28. The molecule has 0 aliphatic heterocycles. The number of hydrogen-bond donors (Lipinski definition) is 1. The van der Waals surface area contributed by atoms with Gasteiger partial charge in [-0.15, -0.1) is 0 Å². The number of carbonyl (C=O) groups is 1. The van der Waals surface area contributed by atoms with Gasteiger partial charge in [0.2, 0.25) is 0 Å². The number of rotatable bonds is 5. The number of hydrogen-bond acceptors (Lipinski definition) is 4. The third-order valence-electron chi connectivity index (χ3n) is 3.00. The maximum atomic E-state index is 11.3. The standard InChI is InChI=1S/C10H20N2O2/c1-12(7-8-4-3-5-8)9(6-11)10(13)14-2/h8-9H,3-7,11H2,1-2H3. The molecule has 0 radical (unpaired) electrons. The third kappa shape index (κ3) is 2.69. The van der Waals surface area contributed by atoms with E-state index in [4.69, 9.17) is 10.5 Å². The lowest BCUT2D eigenvalue weighted by Crippen LogP contribution is -2.47. The van der Waals surface area contributed by atoms with Crippen LogP contribution < -0.4 is 5.73 Å². The van der Waals surface area contributed by atoms with Gasteiger partial charge in [-0.3, -0.25) is 9.69 Å². The largest absolute Gasteiger partial charge is 0.468 e. The first-order valence-electron chi connectivity index (χ1n) is 5.17. The molecule has 1 fully saturated rings. The summed E-state index contributed by atoms with van der Waals surface area (Å²) in [6.07, 6.45) is 3.88. The summed E-state index contributed by atoms with van der Waals surface area (Å²) in [6, 6.07) is -0.277. The van der Waals surface area contributed by atoms with Crippen molar-refractivity contribution in [1.82, 2.24) is 4.90 Å². The fourth-order valence-electron chi connectivity index (χ4n) is 1.80. The predicted molar refractivity (Wildman–Crippen MR) is 54.8 cm³/mol. The Balaban J connectivity index is 2.37. The van der Waals surface area contributed by atoms with Gasteiger partial charge >= 0.3 is 5.97 Å². The molecule has 1 aliphatic rings. The Morgan fingerprint density at radius 1 is 1.64 bits per heavy atom. The highest BCUT2D eigenvalue weighted by atomic mass is 16.5. The van der Waals surface area contributed by atoms with Gasteiger partial charge in [0.25, 0.3) is 0 Å². The second-order valence-corrected chi connectivity index (χ2v) is 4.01. The van der Waals surface area contributed by atoms with Crippen molar-refractivity contribution in [3.05, 3.63) is 0 Å². The summed E-state index contributed by atoms with van der Waals surface area (Å²) in [5.74, 6) is 0.521. The number of likely N-dealkylation sites (N-methyl/N-ethyl adjacent to an activating group) is 1. The maximum Gasteiger partial charge on any atom is 0.324 e. The number of ether oxygens (including phenoxy) is 1. The number of methoxy groups -OCH3 is 1. The fourth-order valence-corrected chi connectivity index (χ4v) is 1.80. The van der Waals surface area contributed by atoms with Crippen molar-refractivity contribution in [3.8, 4) is 0 Å². The first-order valence-corrected chi connectivity index (χ1v) is 5.17. The van der Waals surface area contributed by atoms with E-state index in [0.29, 0.717) is 6.54 Å². The number of esters is 1. The van der Waals surface area contributed by atoms with E-state index in [-0.39, 0.29) is 12.0 Å². The second-order valence-electron chi connectivity index (χ2n) is 4.01. The Labute approximate surface area is 85.4 Å². The van der Waals surface area contributed by atoms with Crippen LogP contribution in [0, 0.1) is 5.92 Å². The van der Waals surface area contributed by atoms with Crippen LogP contribution in [-0.2, 0) is 9.53 Å². The normalized spacial score (nSPS) is 19.1. The molecule has 0 aromatic rings. The summed E-state index contributed by atoms with van der Waals surface area (Å²) in [5.41, 5.74) is 5.54. The van der Waals surface area contributed by atoms with E-state index < -0.39 is 0 Å². The molecule has 1 unspecified atom stereocenters. The molecule has 0 bridgehead atoms. The molecular formula is C10H20N2O2. The van der Waals surface area contributed by atoms with Gasteiger partial charge in [0, 0.05) is 13.1 Å². The first-order chi connectivity index (χ1) is 6.69. The van der Waals surface area contributed by atoms with Crippen LogP contribution >= 0.6 is 0 Å². The minimum atomic E-state index is -0.277. The summed E-state index contributed by atoms with van der Waals surface area (Å²) < 4.78 is 4.70. The Morgan fingerprint density at radius 2 is 2.29 bits per heavy atom. The molecule has 0 aromatic carbocycles. The van der Waals surface area contributed by atoms with Crippen molar-refractivity contribution in [2.75, 3.05) is 27.2 Å². The van der Waals surface area contributed by atoms with Gasteiger partial charge < -0.3 is 10.5 Å². The molecule has 14 heavy (non-hydrogen) atoms. The van der Waals surface area contributed by atoms with Gasteiger partial charge in [0.1, 0.15) is 6.04 Å². The Kier molecular flexibility index (Phi) is 4.35. The molecule has 1 atom stereocenters. The minimum absolute atomic E-state index is 0.227. The predicted octanol–water partition coefficient (Wildman–Crippen LogP) is 0.219. The monoisotopic (exact) mass is 200 g/mol. The zero-order valence-corrected chi connectivity index (χ0v) is 9.03. The Morgan fingerprint density at radius 3 is 2.64 bits per heavy atom. The minimum Gasteiger partial charge on any atom is -0.468 e. The van der Waals surface area contributed by atoms with Crippen LogP contribution in [0.4, 0.5) is 0 Å². The second kappa shape index (κ2) is 5.32. The zero-order chi connectivity index (χ0) is 10.6. The molecule has 2 N–H and O–H groups in total. The van der Waals surface area contributed by atoms with E-state index in [2.05, 4.69) is 0 Å². The zero-order valence-electron chi connectivity index (χ0n) is 9.03. The van der Waals surface area contributed by atoms with E-state index in [0.717, 1.165) is 12.5 Å². The molecule has 4 nitrogen and oxygen atoms in total. The van der Waals surface area contributed by atoms with Crippen molar-refractivity contribution in [1.29, 1.82) is 0 Å². The lowest BCUT2D eigenvalue weighted by molar-refractivity contribution is -0.146. The van der Waals surface area contributed by atoms with E-state index in [1.54, 1.807) is 0 Å². The first kappa shape index (κ1) is 11.5. The average molecular weight is 200 g/mol. The molecule has 0 saturated heterocycles. The summed E-state index contributed by atoms with van der Waals surface area (Å²) in [5, 5.41) is 0. The van der Waals surface area contributed by atoms with E-state index in [1.807, 2.05) is 11.9 Å². The summed E-state index contributed by atoms with van der Waals surface area (Å²) in [7, 11) is 3.34. The third-order valence-corrected chi connectivity index (χ3v) is 3.00. The lowest BCUT2D eigenvalue weighted by Gasteiger charge is -2.33. The summed E-state index contributed by atoms with van der Waals surface area (Å²) >= 11 is 0. The smallest absolute Gasteiger partial charge is 0.324 e. The quantitative estimate of drug-likeness (QED) is 0.645. The van der Waals surface area contributed by atoms with Crippen molar-refractivity contribution in [3.63, 3.8) is 0 Å². The van der Waals surface area contributed by atoms with Crippen molar-refractivity contribution >= 4 is 5.97 Å². The molecule has 0 aromatic heterocycles. The van der Waals surface area contributed by atoms with Crippen LogP contribution in [0.3, 0.4) is 0 Å². The van der Waals surface area contributed by atoms with Gasteiger partial charge in [0.05, 0.1) is 7.11 Å². The van der Waals surface area contributed by atoms with Crippen LogP contribution in [0.2, 0.25) is 0 Å². The van der Waals surface area contributed by atoms with Crippen LogP contribution in [-0.4, -0.2) is 44.2 Å². The van der Waals surface area contributed by atoms with Crippen molar-refractivity contribution < 1.29 is 9.53 Å². The average Bonchev–Trinajstić information content (AvgIpc) is 2.12. The number of nitrogens with two attached hydrogens (primary N) is 1. The lowest BCUT2D eigenvalue weighted by atomic mass is 9.85. The number of carbonyl (C=O) groups excluding carboxylic acids is 1. The van der Waals surface area contributed by atoms with E-state index >= 15 is 0 Å². The Hall–Kier alpha value is -0.610. The molecule has 0 spiro atoms. The molecule has 4 heteroatoms. The van der Waals surface area contributed by atoms with Gasteiger partial charge in [-0.1, -0.05) is 6.42 Å². The molecule has 1 rings (SSSR count). The maximum absolute atomic E-state index is 11.3. The fraction of sp³-hybridized carbons (Fsp3) is 0.900. The highest BCUT2D eigenvalue weighted by Crippen LogP contribution is 2.27. The van der Waals surface area contributed by atoms with Crippen LogP contribution in [0.15, 0.2) is 0 Å². The van der Waals surface area contributed by atoms with E-state index in [1.165, 1.54) is 26.4 Å². The van der Waals surface area contributed by atoms with Crippen molar-refractivity contribution in [2.45, 2.75) is 25.3 Å². The van der Waals surface area contributed by atoms with E-state index in [9.17, 15) is 4.79 Å². The van der Waals surface area contributed by atoms with Crippen LogP contribution in [0.5, 0.6) is 0 Å². The van der Waals surface area contributed by atoms with Crippen molar-refractivity contribution in [2.24, 2.45) is 11.7 Å². The molecule has 1 aliphatic carbocycles. The topological polar surface area (TPSA) is 55.6 Å².